The van der Waals surface area contributed by atoms with Crippen molar-refractivity contribution in [2.75, 3.05) is 7.11 Å². The Morgan fingerprint density at radius 2 is 2.21 bits per heavy atom. The maximum atomic E-state index is 11.9. The van der Waals surface area contributed by atoms with Crippen LogP contribution in [0.25, 0.3) is 11.5 Å². The van der Waals surface area contributed by atoms with E-state index in [9.17, 15) is 4.79 Å². The van der Waals surface area contributed by atoms with Crippen molar-refractivity contribution in [3.05, 3.63) is 52.5 Å². The van der Waals surface area contributed by atoms with E-state index in [0.717, 1.165) is 12.0 Å². The number of benzene rings is 1. The van der Waals surface area contributed by atoms with Crippen LogP contribution in [0.2, 0.25) is 0 Å². The van der Waals surface area contributed by atoms with Crippen molar-refractivity contribution in [3.63, 3.8) is 0 Å². The lowest BCUT2D eigenvalue weighted by molar-refractivity contribution is -0.121. The first-order chi connectivity index (χ1) is 11.7. The van der Waals surface area contributed by atoms with E-state index < -0.39 is 0 Å². The largest absolute Gasteiger partial charge is 0.497 e. The summed E-state index contributed by atoms with van der Waals surface area (Å²) < 4.78 is 10.8. The molecule has 0 aliphatic heterocycles. The van der Waals surface area contributed by atoms with E-state index in [-0.39, 0.29) is 12.5 Å². The van der Waals surface area contributed by atoms with Gasteiger partial charge in [0.15, 0.2) is 0 Å². The molecule has 1 aromatic carbocycles. The zero-order chi connectivity index (χ0) is 16.8. The van der Waals surface area contributed by atoms with E-state index in [2.05, 4.69) is 15.5 Å². The molecule has 0 atom stereocenters. The molecule has 3 aromatic rings. The van der Waals surface area contributed by atoms with E-state index >= 15 is 0 Å². The molecule has 1 amide bonds. The molecule has 0 aliphatic rings. The third-order valence-electron chi connectivity index (χ3n) is 3.40. The van der Waals surface area contributed by atoms with Crippen LogP contribution in [-0.2, 0) is 17.8 Å². The number of aryl methyl sites for hydroxylation is 1. The normalized spacial score (nSPS) is 10.5. The molecule has 24 heavy (non-hydrogen) atoms. The van der Waals surface area contributed by atoms with E-state index in [4.69, 9.17) is 9.15 Å². The number of carbonyl (C=O) groups excluding carboxylic acids is 1. The van der Waals surface area contributed by atoms with E-state index in [1.165, 1.54) is 4.88 Å². The third kappa shape index (κ3) is 4.20. The molecule has 124 valence electrons. The molecule has 0 radical (unpaired) electrons. The molecule has 1 N–H and O–H groups in total. The minimum Gasteiger partial charge on any atom is -0.497 e. The SMILES string of the molecule is COc1cccc(-c2nnc(CNC(=O)CCc3cccs3)o2)c1. The van der Waals surface area contributed by atoms with Gasteiger partial charge in [-0.15, -0.1) is 21.5 Å². The first-order valence-electron chi connectivity index (χ1n) is 7.50. The van der Waals surface area contributed by atoms with Gasteiger partial charge >= 0.3 is 0 Å². The van der Waals surface area contributed by atoms with Crippen molar-refractivity contribution in [2.45, 2.75) is 19.4 Å². The quantitative estimate of drug-likeness (QED) is 0.713. The molecule has 0 unspecified atom stereocenters. The number of carbonyl (C=O) groups is 1. The molecule has 0 saturated heterocycles. The number of hydrogen-bond acceptors (Lipinski definition) is 6. The van der Waals surface area contributed by atoms with Crippen LogP contribution in [0.4, 0.5) is 0 Å². The van der Waals surface area contributed by atoms with Gasteiger partial charge in [-0.25, -0.2) is 0 Å². The predicted molar refractivity (Wildman–Crippen MR) is 90.8 cm³/mol. The fourth-order valence-electron chi connectivity index (χ4n) is 2.15. The summed E-state index contributed by atoms with van der Waals surface area (Å²) in [6.07, 6.45) is 1.18. The smallest absolute Gasteiger partial charge is 0.247 e. The Hall–Kier alpha value is -2.67. The van der Waals surface area contributed by atoms with Gasteiger partial charge in [-0.2, -0.15) is 0 Å². The highest BCUT2D eigenvalue weighted by Crippen LogP contribution is 2.22. The third-order valence-corrected chi connectivity index (χ3v) is 4.34. The van der Waals surface area contributed by atoms with Gasteiger partial charge in [0.25, 0.3) is 0 Å². The van der Waals surface area contributed by atoms with Crippen LogP contribution in [0.1, 0.15) is 17.2 Å². The van der Waals surface area contributed by atoms with Crippen LogP contribution in [0.5, 0.6) is 5.75 Å². The van der Waals surface area contributed by atoms with Crippen molar-refractivity contribution >= 4 is 17.2 Å². The molecule has 7 heteroatoms. The van der Waals surface area contributed by atoms with Crippen molar-refractivity contribution in [3.8, 4) is 17.2 Å². The lowest BCUT2D eigenvalue weighted by atomic mass is 10.2. The summed E-state index contributed by atoms with van der Waals surface area (Å²) in [6, 6.07) is 11.4. The standard InChI is InChI=1S/C17H17N3O3S/c1-22-13-5-2-4-12(10-13)17-20-19-16(23-17)11-18-15(21)8-7-14-6-3-9-24-14/h2-6,9-10H,7-8,11H2,1H3,(H,18,21). The molecule has 0 fully saturated rings. The van der Waals surface area contributed by atoms with Gasteiger partial charge < -0.3 is 14.5 Å². The second kappa shape index (κ2) is 7.74. The number of rotatable bonds is 7. The van der Waals surface area contributed by atoms with Gasteiger partial charge in [-0.1, -0.05) is 12.1 Å². The number of hydrogen-bond donors (Lipinski definition) is 1. The van der Waals surface area contributed by atoms with Gasteiger partial charge in [0.1, 0.15) is 5.75 Å². The fraction of sp³-hybridized carbons (Fsp3) is 0.235. The van der Waals surface area contributed by atoms with Crippen LogP contribution in [0.15, 0.2) is 46.2 Å². The van der Waals surface area contributed by atoms with Crippen LogP contribution < -0.4 is 10.1 Å². The minimum atomic E-state index is -0.0375. The summed E-state index contributed by atoms with van der Waals surface area (Å²) in [7, 11) is 1.60. The van der Waals surface area contributed by atoms with E-state index in [0.29, 0.717) is 24.0 Å². The minimum absolute atomic E-state index is 0.0375. The lowest BCUT2D eigenvalue weighted by Gasteiger charge is -2.01. The maximum absolute atomic E-state index is 11.9. The molecular formula is C17H17N3O3S. The molecule has 2 aromatic heterocycles. The number of methoxy groups -OCH3 is 1. The van der Waals surface area contributed by atoms with Crippen LogP contribution in [0, 0.1) is 0 Å². The summed E-state index contributed by atoms with van der Waals surface area (Å²) in [6.45, 7) is 0.222. The van der Waals surface area contributed by atoms with Crippen molar-refractivity contribution in [2.24, 2.45) is 0 Å². The molecule has 0 saturated carbocycles. The monoisotopic (exact) mass is 343 g/mol. The Morgan fingerprint density at radius 1 is 1.29 bits per heavy atom. The zero-order valence-corrected chi connectivity index (χ0v) is 14.0. The number of amides is 1. The Labute approximate surface area is 143 Å². The number of ether oxygens (including phenoxy) is 1. The second-order valence-electron chi connectivity index (χ2n) is 5.09. The summed E-state index contributed by atoms with van der Waals surface area (Å²) in [5, 5.41) is 12.8. The molecular weight excluding hydrogens is 326 g/mol. The molecule has 6 nitrogen and oxygen atoms in total. The molecule has 0 spiro atoms. The molecule has 3 rings (SSSR count). The molecule has 2 heterocycles. The first kappa shape index (κ1) is 16.2. The highest BCUT2D eigenvalue weighted by atomic mass is 32.1. The van der Waals surface area contributed by atoms with Gasteiger partial charge in [0, 0.05) is 16.9 Å². The number of aromatic nitrogens is 2. The van der Waals surface area contributed by atoms with Crippen LogP contribution in [0.3, 0.4) is 0 Å². The average molecular weight is 343 g/mol. The van der Waals surface area contributed by atoms with Gasteiger partial charge in [0.05, 0.1) is 13.7 Å². The van der Waals surface area contributed by atoms with E-state index in [1.807, 2.05) is 41.8 Å². The van der Waals surface area contributed by atoms with Gasteiger partial charge in [-0.3, -0.25) is 4.79 Å². The summed E-state index contributed by atoms with van der Waals surface area (Å²) >= 11 is 1.65. The van der Waals surface area contributed by atoms with Crippen LogP contribution >= 0.6 is 11.3 Å². The van der Waals surface area contributed by atoms with Crippen LogP contribution in [-0.4, -0.2) is 23.2 Å². The van der Waals surface area contributed by atoms with Crippen molar-refractivity contribution < 1.29 is 13.9 Å². The highest BCUT2D eigenvalue weighted by Gasteiger charge is 2.10. The van der Waals surface area contributed by atoms with Crippen molar-refractivity contribution in [1.82, 2.24) is 15.5 Å². The Morgan fingerprint density at radius 3 is 3.00 bits per heavy atom. The number of nitrogens with one attached hydrogen (secondary N) is 1. The maximum Gasteiger partial charge on any atom is 0.247 e. The lowest BCUT2D eigenvalue weighted by Crippen LogP contribution is -2.23. The topological polar surface area (TPSA) is 77.3 Å². The summed E-state index contributed by atoms with van der Waals surface area (Å²) in [5.41, 5.74) is 0.775. The van der Waals surface area contributed by atoms with E-state index in [1.54, 1.807) is 18.4 Å². The predicted octanol–water partition coefficient (Wildman–Crippen LogP) is 3.06. The summed E-state index contributed by atoms with van der Waals surface area (Å²) in [4.78, 5) is 13.1. The van der Waals surface area contributed by atoms with Crippen molar-refractivity contribution in [1.29, 1.82) is 0 Å². The summed E-state index contributed by atoms with van der Waals surface area (Å²) in [5.74, 6) is 1.45. The highest BCUT2D eigenvalue weighted by molar-refractivity contribution is 7.09. The molecule has 0 aliphatic carbocycles. The number of thiophene rings is 1. The van der Waals surface area contributed by atoms with Gasteiger partial charge in [-0.05, 0) is 36.1 Å². The molecule has 0 bridgehead atoms. The second-order valence-corrected chi connectivity index (χ2v) is 6.12. The fourth-order valence-corrected chi connectivity index (χ4v) is 2.86. The Kier molecular flexibility index (Phi) is 5.22. The Bertz CT molecular complexity index is 799. The van der Waals surface area contributed by atoms with Gasteiger partial charge in [0.2, 0.25) is 17.7 Å². The number of nitrogens with zero attached hydrogens (tertiary/aromatic N) is 2. The first-order valence-corrected chi connectivity index (χ1v) is 8.38. The Balaban J connectivity index is 1.53. The average Bonchev–Trinajstić information content (AvgIpc) is 3.30. The zero-order valence-electron chi connectivity index (χ0n) is 13.2.